The van der Waals surface area contributed by atoms with Crippen LogP contribution in [-0.2, 0) is 62.0 Å². The molecule has 0 aromatic heterocycles. The number of carboxylic acids is 1. The summed E-state index contributed by atoms with van der Waals surface area (Å²) in [5.41, 5.74) is -0.326. The van der Waals surface area contributed by atoms with E-state index in [0.29, 0.717) is 51.8 Å². The zero-order valence-corrected chi connectivity index (χ0v) is 43.5. The van der Waals surface area contributed by atoms with Gasteiger partial charge in [-0.2, -0.15) is 0 Å². The maximum atomic E-state index is 14.0. The van der Waals surface area contributed by atoms with Crippen molar-refractivity contribution in [3.8, 4) is 0 Å². The Morgan fingerprint density at radius 3 is 1.66 bits per heavy atom. The summed E-state index contributed by atoms with van der Waals surface area (Å²) in [6.45, 7) is 15.7. The van der Waals surface area contributed by atoms with Crippen LogP contribution in [0.4, 0.5) is 0 Å². The maximum Gasteiger partial charge on any atom is 0.306 e. The highest BCUT2D eigenvalue weighted by atomic mass is 16.5. The lowest BCUT2D eigenvalue weighted by atomic mass is 9.55. The molecule has 5 rings (SSSR count). The van der Waals surface area contributed by atoms with Crippen molar-refractivity contribution in [1.29, 1.82) is 0 Å². The molecule has 0 radical (unpaired) electrons. The third kappa shape index (κ3) is 10.1. The molecule has 0 amide bonds. The van der Waals surface area contributed by atoms with Gasteiger partial charge in [0.25, 0.3) is 0 Å². The zero-order valence-electron chi connectivity index (χ0n) is 43.5. The third-order valence-corrected chi connectivity index (χ3v) is 17.0. The van der Waals surface area contributed by atoms with Gasteiger partial charge in [0.2, 0.25) is 0 Å². The summed E-state index contributed by atoms with van der Waals surface area (Å²) in [6.07, 6.45) is 2.46. The fourth-order valence-corrected chi connectivity index (χ4v) is 12.4. The van der Waals surface area contributed by atoms with Crippen LogP contribution >= 0.6 is 0 Å². The number of carbonyl (C=O) groups excluding carboxylic acids is 6. The number of ether oxygens (including phenoxy) is 6. The number of fused-ring (bicyclic) bond motifs is 6. The number of rotatable bonds is 19. The monoisotopic (exact) mass is 979 g/mol. The number of esters is 6. The summed E-state index contributed by atoms with van der Waals surface area (Å²) in [5.74, 6) is -6.16. The van der Waals surface area contributed by atoms with Crippen LogP contribution in [0.2, 0.25) is 0 Å². The molecule has 8 bridgehead atoms. The number of methoxy groups -OCH3 is 6. The van der Waals surface area contributed by atoms with Crippen molar-refractivity contribution < 1.29 is 67.1 Å². The first-order valence-corrected chi connectivity index (χ1v) is 24.1. The first-order chi connectivity index (χ1) is 32.8. The first kappa shape index (κ1) is 55.2. The molecule has 1 unspecified atom stereocenters. The molecular weight excluding hydrogens is 905 g/mol. The molecule has 1 saturated heterocycles. The Balaban J connectivity index is 2.04. The summed E-state index contributed by atoms with van der Waals surface area (Å²) in [4.78, 5) is 109. The predicted molar refractivity (Wildman–Crippen MR) is 258 cm³/mol. The molecule has 9 atom stereocenters. The lowest BCUT2D eigenvalue weighted by Crippen LogP contribution is -2.55. The molecule has 5 aliphatic heterocycles. The van der Waals surface area contributed by atoms with Crippen LogP contribution in [0.5, 0.6) is 0 Å². The Kier molecular flexibility index (Phi) is 16.9. The van der Waals surface area contributed by atoms with Crippen molar-refractivity contribution in [2.24, 2.45) is 60.3 Å². The smallest absolute Gasteiger partial charge is 0.306 e. The van der Waals surface area contributed by atoms with Gasteiger partial charge in [-0.25, -0.2) is 0 Å². The lowest BCUT2D eigenvalue weighted by molar-refractivity contribution is -0.147. The number of hydrogen-bond donors (Lipinski definition) is 2. The van der Waals surface area contributed by atoms with Crippen molar-refractivity contribution in [2.75, 3.05) is 42.7 Å². The molecule has 0 saturated carbocycles. The van der Waals surface area contributed by atoms with Crippen LogP contribution in [0.25, 0.3) is 0 Å². The highest BCUT2D eigenvalue weighted by Crippen LogP contribution is 2.62. The van der Waals surface area contributed by atoms with Crippen LogP contribution in [0.15, 0.2) is 49.3 Å². The van der Waals surface area contributed by atoms with Crippen molar-refractivity contribution >= 4 is 58.9 Å². The van der Waals surface area contributed by atoms with Gasteiger partial charge < -0.3 is 38.8 Å². The normalized spacial score (nSPS) is 33.5. The van der Waals surface area contributed by atoms with E-state index in [0.717, 1.165) is 0 Å². The van der Waals surface area contributed by atoms with E-state index in [1.165, 1.54) is 42.7 Å². The van der Waals surface area contributed by atoms with Crippen LogP contribution in [-0.4, -0.2) is 118 Å². The fourth-order valence-electron chi connectivity index (χ4n) is 12.4. The Morgan fingerprint density at radius 1 is 0.629 bits per heavy atom. The summed E-state index contributed by atoms with van der Waals surface area (Å²) >= 11 is 0. The second-order valence-electron chi connectivity index (χ2n) is 20.9. The highest BCUT2D eigenvalue weighted by molar-refractivity contribution is 6.10. The largest absolute Gasteiger partial charge is 0.481 e. The van der Waals surface area contributed by atoms with E-state index < -0.39 is 98.7 Å². The van der Waals surface area contributed by atoms with Gasteiger partial charge in [-0.15, -0.1) is 0 Å². The minimum atomic E-state index is -1.37. The third-order valence-electron chi connectivity index (χ3n) is 17.0. The minimum Gasteiger partial charge on any atom is -0.481 e. The zero-order chi connectivity index (χ0) is 52.3. The molecule has 18 nitrogen and oxygen atoms in total. The van der Waals surface area contributed by atoms with Crippen molar-refractivity contribution in [2.45, 2.75) is 144 Å². The Bertz CT molecular complexity index is 2340. The molecule has 0 spiro atoms. The Hall–Kier alpha value is -5.68. The molecule has 70 heavy (non-hydrogen) atoms. The summed E-state index contributed by atoms with van der Waals surface area (Å²) in [7, 11) is 7.87. The number of carboxylic acid groups (broad SMARTS) is 1. The Morgan fingerprint density at radius 2 is 1.13 bits per heavy atom. The van der Waals surface area contributed by atoms with Crippen molar-refractivity contribution in [3.63, 3.8) is 0 Å². The van der Waals surface area contributed by atoms with Gasteiger partial charge in [0.15, 0.2) is 0 Å². The molecule has 5 aliphatic rings. The van der Waals surface area contributed by atoms with E-state index in [-0.39, 0.29) is 70.6 Å². The predicted octanol–water partition coefficient (Wildman–Crippen LogP) is 6.84. The maximum absolute atomic E-state index is 14.0. The number of nitrogens with one attached hydrogen (secondary N) is 1. The van der Waals surface area contributed by atoms with E-state index in [2.05, 4.69) is 5.32 Å². The average molecular weight is 979 g/mol. The molecule has 5 heterocycles. The number of aliphatic carboxylic acids is 1. The van der Waals surface area contributed by atoms with Gasteiger partial charge >= 0.3 is 41.8 Å². The van der Waals surface area contributed by atoms with Crippen molar-refractivity contribution in [3.05, 3.63) is 34.3 Å². The van der Waals surface area contributed by atoms with E-state index in [1.807, 2.05) is 61.5 Å². The topological polar surface area (TPSA) is 244 Å². The molecule has 0 aromatic carbocycles. The molecule has 386 valence electrons. The van der Waals surface area contributed by atoms with Gasteiger partial charge in [-0.3, -0.25) is 48.5 Å². The number of allylic oxidation sites excluding steroid dienone is 6. The SMILES string of the molecule is COC(=O)CC[C@@H]1/C2=C(\C)C3=NC([C@H](CC(=O)OC)[C@@]3(C)CCC(=O)OC)[C@]3(C)N=C(/C(C)=C4\N/C(=C\C(=N2)C1(C)C)[C@@H](CCC(=O)OC)[C@]4(C)CCC(=O)O)[C@@H](CCC(=O)OC)[C@]3(C)CC(=O)OC. The first-order valence-electron chi connectivity index (χ1n) is 24.1. The molecule has 0 aromatic rings. The molecule has 0 aliphatic carbocycles. The van der Waals surface area contributed by atoms with Crippen LogP contribution in [0, 0.1) is 45.3 Å². The van der Waals surface area contributed by atoms with E-state index in [4.69, 9.17) is 43.4 Å². The quantitative estimate of drug-likeness (QED) is 0.0994. The van der Waals surface area contributed by atoms with Crippen LogP contribution < -0.4 is 5.32 Å². The molecular formula is C52H74N4O14. The second-order valence-corrected chi connectivity index (χ2v) is 20.9. The van der Waals surface area contributed by atoms with Crippen LogP contribution in [0.3, 0.4) is 0 Å². The Labute approximate surface area is 411 Å². The van der Waals surface area contributed by atoms with E-state index in [1.54, 1.807) is 0 Å². The van der Waals surface area contributed by atoms with E-state index in [9.17, 15) is 38.7 Å². The van der Waals surface area contributed by atoms with Gasteiger partial charge in [0, 0.05) is 112 Å². The number of nitrogens with zero attached hydrogens (tertiary/aromatic N) is 3. The molecule has 18 heteroatoms. The number of carbonyl (C=O) groups is 7. The summed E-state index contributed by atoms with van der Waals surface area (Å²) < 4.78 is 31.4. The molecule has 2 N–H and O–H groups in total. The highest BCUT2D eigenvalue weighted by Gasteiger charge is 2.66. The van der Waals surface area contributed by atoms with Crippen molar-refractivity contribution in [1.82, 2.24) is 5.32 Å². The standard InChI is InChI=1S/C52H74N4O14/c1-28-43-31(16-19-38(60)66-10)48(3,4)35(54-43)26-34-30(15-18-37(59)65-9)49(5,23-21-36(57)58)45(53-34)29(2)44-32(17-20-39(61)67-11)51(7,27-42(64)70-14)52(8,56-44)47-33(25-41(63)69-13)50(6,46(28)55-47)24-22-40(62)68-12/h26,30-33,47,53H,15-25,27H2,1-14H3,(H,57,58)/b34-26-,43-28-,45-29-/t30-,31-,32-,33+,47?,49+,50-,51+,52+/m1/s1. The lowest BCUT2D eigenvalue weighted by Gasteiger charge is -2.48. The van der Waals surface area contributed by atoms with Crippen LogP contribution in [0.1, 0.15) is 132 Å². The van der Waals surface area contributed by atoms with Gasteiger partial charge in [-0.1, -0.05) is 34.6 Å². The fraction of sp³-hybridized carbons (Fsp3) is 0.692. The number of aliphatic imine (C=N–C) groups is 3. The molecule has 1 fully saturated rings. The van der Waals surface area contributed by atoms with Gasteiger partial charge in [0.05, 0.1) is 67.1 Å². The second kappa shape index (κ2) is 21.4. The minimum absolute atomic E-state index is 0.0161. The number of hydrogen-bond acceptors (Lipinski definition) is 17. The van der Waals surface area contributed by atoms with E-state index >= 15 is 0 Å². The average Bonchev–Trinajstić information content (AvgIpc) is 3.94. The summed E-state index contributed by atoms with van der Waals surface area (Å²) in [5, 5.41) is 14.0. The summed E-state index contributed by atoms with van der Waals surface area (Å²) in [6, 6.07) is -0.890. The van der Waals surface area contributed by atoms with Gasteiger partial charge in [0.1, 0.15) is 0 Å². The van der Waals surface area contributed by atoms with Gasteiger partial charge in [-0.05, 0) is 70.1 Å².